The molecule has 0 fully saturated rings. The summed E-state index contributed by atoms with van der Waals surface area (Å²) in [6.45, 7) is 11.8. The minimum Gasteiger partial charge on any atom is -0.323 e. The second-order valence-electron chi connectivity index (χ2n) is 4.64. The van der Waals surface area contributed by atoms with E-state index in [4.69, 9.17) is 11.6 Å². The number of hydrogen-bond acceptors (Lipinski definition) is 1. The maximum atomic E-state index is 6.07. The first-order valence-electron chi connectivity index (χ1n) is 5.89. The van der Waals surface area contributed by atoms with E-state index in [1.165, 1.54) is 38.8 Å². The van der Waals surface area contributed by atoms with Crippen LogP contribution in [0.15, 0.2) is 0 Å². The van der Waals surface area contributed by atoms with Crippen LogP contribution in [0, 0.1) is 0 Å². The van der Waals surface area contributed by atoms with Crippen molar-refractivity contribution < 1.29 is 0 Å². The molecule has 0 unspecified atom stereocenters. The zero-order valence-corrected chi connectivity index (χ0v) is 12.0. The fourth-order valence-electron chi connectivity index (χ4n) is 1.50. The van der Waals surface area contributed by atoms with Gasteiger partial charge in [0.1, 0.15) is 8.24 Å². The Morgan fingerprint density at radius 1 is 1.00 bits per heavy atom. The van der Waals surface area contributed by atoms with Gasteiger partial charge < -0.3 is 4.57 Å². The van der Waals surface area contributed by atoms with Gasteiger partial charge in [0, 0.05) is 5.50 Å². The van der Waals surface area contributed by atoms with Gasteiger partial charge in [-0.05, 0) is 25.9 Å². The third kappa shape index (κ3) is 5.37. The van der Waals surface area contributed by atoms with Gasteiger partial charge in [-0.2, -0.15) is 0 Å². The molecule has 0 saturated carbocycles. The summed E-state index contributed by atoms with van der Waals surface area (Å²) in [6, 6.07) is 0. The van der Waals surface area contributed by atoms with Crippen LogP contribution in [-0.4, -0.2) is 31.4 Å². The van der Waals surface area contributed by atoms with Crippen LogP contribution < -0.4 is 0 Å². The molecule has 0 rings (SSSR count). The lowest BCUT2D eigenvalue weighted by molar-refractivity contribution is 0.401. The predicted molar refractivity (Wildman–Crippen MR) is 69.6 cm³/mol. The Labute approximate surface area is 95.9 Å². The smallest absolute Gasteiger partial charge is 0.137 e. The molecule has 0 bridgehead atoms. The molecule has 0 aromatic rings. The minimum atomic E-state index is -1.28. The topological polar surface area (TPSA) is 3.24 Å². The molecular weight excluding hydrogens is 210 g/mol. The van der Waals surface area contributed by atoms with E-state index in [0.717, 1.165) is 5.50 Å². The first-order valence-corrected chi connectivity index (χ1v) is 9.58. The summed E-state index contributed by atoms with van der Waals surface area (Å²) in [5, 5.41) is 0. The standard InChI is InChI=1S/C11H26ClNSi/c1-5-7-9-13(10-8-6-2)14(3,4)11-12/h5-11H2,1-4H3. The van der Waals surface area contributed by atoms with Gasteiger partial charge in [0.05, 0.1) is 0 Å². The number of nitrogens with zero attached hydrogens (tertiary/aromatic N) is 1. The maximum absolute atomic E-state index is 6.07. The number of alkyl halides is 1. The average Bonchev–Trinajstić information content (AvgIpc) is 2.17. The Bertz CT molecular complexity index is 131. The van der Waals surface area contributed by atoms with E-state index < -0.39 is 8.24 Å². The summed E-state index contributed by atoms with van der Waals surface area (Å²) in [5.41, 5.74) is 0.862. The van der Waals surface area contributed by atoms with Crippen molar-refractivity contribution >= 4 is 19.8 Å². The van der Waals surface area contributed by atoms with Crippen LogP contribution in [0.1, 0.15) is 39.5 Å². The Morgan fingerprint density at radius 2 is 1.43 bits per heavy atom. The molecule has 3 heteroatoms. The molecule has 0 spiro atoms. The SMILES string of the molecule is CCCCN(CCCC)[Si](C)(C)CCl. The van der Waals surface area contributed by atoms with Gasteiger partial charge in [-0.3, -0.25) is 0 Å². The van der Waals surface area contributed by atoms with E-state index in [-0.39, 0.29) is 0 Å². The normalized spacial score (nSPS) is 12.4. The van der Waals surface area contributed by atoms with Gasteiger partial charge in [0.15, 0.2) is 0 Å². The number of rotatable bonds is 8. The summed E-state index contributed by atoms with van der Waals surface area (Å²) in [6.07, 6.45) is 5.21. The van der Waals surface area contributed by atoms with Gasteiger partial charge in [0.2, 0.25) is 0 Å². The molecule has 0 saturated heterocycles. The van der Waals surface area contributed by atoms with Crippen LogP contribution in [0.2, 0.25) is 13.1 Å². The maximum Gasteiger partial charge on any atom is 0.137 e. The minimum absolute atomic E-state index is 0.862. The van der Waals surface area contributed by atoms with Gasteiger partial charge in [0.25, 0.3) is 0 Å². The molecule has 0 aromatic carbocycles. The van der Waals surface area contributed by atoms with Crippen molar-refractivity contribution in [3.63, 3.8) is 0 Å². The highest BCUT2D eigenvalue weighted by atomic mass is 35.5. The molecule has 0 amide bonds. The summed E-state index contributed by atoms with van der Waals surface area (Å²) in [7, 11) is -1.28. The fourth-order valence-corrected chi connectivity index (χ4v) is 3.70. The van der Waals surface area contributed by atoms with Crippen molar-refractivity contribution in [3.05, 3.63) is 0 Å². The van der Waals surface area contributed by atoms with E-state index in [9.17, 15) is 0 Å². The van der Waals surface area contributed by atoms with Crippen molar-refractivity contribution in [2.75, 3.05) is 18.6 Å². The Hall–Kier alpha value is 0.467. The van der Waals surface area contributed by atoms with Crippen LogP contribution in [-0.2, 0) is 0 Å². The molecule has 0 heterocycles. The van der Waals surface area contributed by atoms with Crippen molar-refractivity contribution in [3.8, 4) is 0 Å². The summed E-state index contributed by atoms with van der Waals surface area (Å²) < 4.78 is 2.67. The third-order valence-electron chi connectivity index (χ3n) is 2.75. The second kappa shape index (κ2) is 7.72. The van der Waals surface area contributed by atoms with Gasteiger partial charge in [-0.15, -0.1) is 11.6 Å². The summed E-state index contributed by atoms with van der Waals surface area (Å²) >= 11 is 6.07. The van der Waals surface area contributed by atoms with Crippen LogP contribution in [0.3, 0.4) is 0 Å². The lowest BCUT2D eigenvalue weighted by Crippen LogP contribution is -2.51. The van der Waals surface area contributed by atoms with Crippen molar-refractivity contribution in [2.24, 2.45) is 0 Å². The van der Waals surface area contributed by atoms with Gasteiger partial charge >= 0.3 is 0 Å². The zero-order chi connectivity index (χ0) is 11.0. The average molecular weight is 236 g/mol. The first-order chi connectivity index (χ1) is 6.58. The van der Waals surface area contributed by atoms with E-state index in [1.807, 2.05) is 0 Å². The number of halogens is 1. The molecule has 0 N–H and O–H groups in total. The number of hydrogen-bond donors (Lipinski definition) is 0. The summed E-state index contributed by atoms with van der Waals surface area (Å²) in [5.74, 6) is 0. The largest absolute Gasteiger partial charge is 0.323 e. The molecule has 0 atom stereocenters. The molecular formula is C11H26ClNSi. The van der Waals surface area contributed by atoms with Gasteiger partial charge in [-0.1, -0.05) is 39.8 Å². The molecule has 0 aromatic heterocycles. The second-order valence-corrected chi connectivity index (χ2v) is 9.97. The third-order valence-corrected chi connectivity index (χ3v) is 7.52. The molecule has 14 heavy (non-hydrogen) atoms. The zero-order valence-electron chi connectivity index (χ0n) is 10.3. The quantitative estimate of drug-likeness (QED) is 0.456. The highest BCUT2D eigenvalue weighted by Gasteiger charge is 2.27. The predicted octanol–water partition coefficient (Wildman–Crippen LogP) is 3.87. The molecule has 0 aliphatic rings. The molecule has 1 nitrogen and oxygen atoms in total. The van der Waals surface area contributed by atoms with Crippen LogP contribution >= 0.6 is 11.6 Å². The lowest BCUT2D eigenvalue weighted by atomic mass is 10.3. The van der Waals surface area contributed by atoms with E-state index in [1.54, 1.807) is 0 Å². The number of unbranched alkanes of at least 4 members (excludes halogenated alkanes) is 2. The summed E-state index contributed by atoms with van der Waals surface area (Å²) in [4.78, 5) is 0. The molecule has 0 aliphatic heterocycles. The van der Waals surface area contributed by atoms with E-state index in [2.05, 4.69) is 31.5 Å². The van der Waals surface area contributed by atoms with Crippen LogP contribution in [0.25, 0.3) is 0 Å². The highest BCUT2D eigenvalue weighted by molar-refractivity contribution is 6.80. The fraction of sp³-hybridized carbons (Fsp3) is 1.00. The van der Waals surface area contributed by atoms with Crippen LogP contribution in [0.5, 0.6) is 0 Å². The van der Waals surface area contributed by atoms with Crippen LogP contribution in [0.4, 0.5) is 0 Å². The molecule has 0 radical (unpaired) electrons. The van der Waals surface area contributed by atoms with Crippen molar-refractivity contribution in [1.29, 1.82) is 0 Å². The molecule has 0 aliphatic carbocycles. The van der Waals surface area contributed by atoms with E-state index in [0.29, 0.717) is 0 Å². The Balaban J connectivity index is 4.08. The van der Waals surface area contributed by atoms with Gasteiger partial charge in [-0.25, -0.2) is 0 Å². The highest BCUT2D eigenvalue weighted by Crippen LogP contribution is 2.14. The van der Waals surface area contributed by atoms with Crippen molar-refractivity contribution in [1.82, 2.24) is 4.57 Å². The molecule has 86 valence electrons. The Morgan fingerprint density at radius 3 is 1.71 bits per heavy atom. The monoisotopic (exact) mass is 235 g/mol. The van der Waals surface area contributed by atoms with Crippen molar-refractivity contribution in [2.45, 2.75) is 52.6 Å². The Kier molecular flexibility index (Phi) is 7.98. The van der Waals surface area contributed by atoms with E-state index >= 15 is 0 Å². The lowest BCUT2D eigenvalue weighted by Gasteiger charge is -2.35. The first kappa shape index (κ1) is 14.5.